The summed E-state index contributed by atoms with van der Waals surface area (Å²) in [6.07, 6.45) is 0.00641. The number of amides is 2. The van der Waals surface area contributed by atoms with E-state index in [4.69, 9.17) is 0 Å². The average Bonchev–Trinajstić information content (AvgIpc) is 2.76. The summed E-state index contributed by atoms with van der Waals surface area (Å²) in [5.74, 6) is -0.791. The lowest BCUT2D eigenvalue weighted by atomic mass is 10.2. The predicted molar refractivity (Wildman–Crippen MR) is 61.4 cm³/mol. The molecule has 1 aliphatic rings. The van der Waals surface area contributed by atoms with Crippen LogP contribution in [0.5, 0.6) is 0 Å². The second kappa shape index (κ2) is 4.80. The van der Waals surface area contributed by atoms with Gasteiger partial charge in [0.1, 0.15) is 11.7 Å². The largest absolute Gasteiger partial charge is 0.319 e. The smallest absolute Gasteiger partial charge is 0.292 e. The number of hydrazine groups is 1. The second-order valence-corrected chi connectivity index (χ2v) is 3.71. The first kappa shape index (κ1) is 12.0. The molecule has 0 radical (unpaired) electrons. The molecule has 0 bridgehead atoms. The maximum atomic E-state index is 11.7. The van der Waals surface area contributed by atoms with Crippen molar-refractivity contribution in [3.8, 4) is 0 Å². The van der Waals surface area contributed by atoms with Crippen molar-refractivity contribution < 1.29 is 14.5 Å². The Hall–Kier alpha value is -2.48. The molecule has 1 aromatic rings. The molecule has 0 unspecified atom stereocenters. The summed E-state index contributed by atoms with van der Waals surface area (Å²) in [5, 5.41) is 13.2. The number of carbonyl (C=O) groups excluding carboxylic acids is 2. The van der Waals surface area contributed by atoms with Crippen molar-refractivity contribution >= 4 is 23.2 Å². The summed E-state index contributed by atoms with van der Waals surface area (Å²) in [5.41, 5.74) is 4.70. The van der Waals surface area contributed by atoms with E-state index in [1.54, 1.807) is 6.07 Å². The summed E-state index contributed by atoms with van der Waals surface area (Å²) in [6.45, 7) is 0. The lowest BCUT2D eigenvalue weighted by Gasteiger charge is -2.09. The van der Waals surface area contributed by atoms with Gasteiger partial charge in [-0.25, -0.2) is 5.43 Å². The van der Waals surface area contributed by atoms with Gasteiger partial charge in [-0.15, -0.1) is 0 Å². The van der Waals surface area contributed by atoms with E-state index in [-0.39, 0.29) is 23.7 Å². The van der Waals surface area contributed by atoms with Crippen LogP contribution in [0.4, 0.5) is 11.4 Å². The highest BCUT2D eigenvalue weighted by atomic mass is 16.6. The molecule has 1 heterocycles. The molecule has 2 amide bonds. The van der Waals surface area contributed by atoms with Crippen LogP contribution < -0.4 is 16.2 Å². The standard InChI is InChI=1S/C10H10N4O4/c15-9-5-7(12-13-9)10(16)11-6-3-1-2-4-8(6)14(17)18/h1-4,7,12H,5H2,(H,11,16)(H,13,15)/t7-/m0/s1. The normalized spacial score (nSPS) is 18.2. The molecule has 1 atom stereocenters. The number of para-hydroxylation sites is 2. The summed E-state index contributed by atoms with van der Waals surface area (Å²) in [6, 6.07) is 5.08. The number of hydrogen-bond acceptors (Lipinski definition) is 5. The summed E-state index contributed by atoms with van der Waals surface area (Å²) in [4.78, 5) is 32.8. The van der Waals surface area contributed by atoms with Crippen molar-refractivity contribution in [3.05, 3.63) is 34.4 Å². The molecule has 3 N–H and O–H groups in total. The van der Waals surface area contributed by atoms with Gasteiger partial charge < -0.3 is 5.32 Å². The van der Waals surface area contributed by atoms with E-state index < -0.39 is 16.9 Å². The van der Waals surface area contributed by atoms with Gasteiger partial charge in [-0.2, -0.15) is 0 Å². The zero-order valence-electron chi connectivity index (χ0n) is 9.17. The molecule has 1 saturated heterocycles. The molecule has 18 heavy (non-hydrogen) atoms. The molecule has 2 rings (SSSR count). The maximum Gasteiger partial charge on any atom is 0.292 e. The lowest BCUT2D eigenvalue weighted by Crippen LogP contribution is -2.39. The number of benzene rings is 1. The van der Waals surface area contributed by atoms with Crippen LogP contribution in [0.25, 0.3) is 0 Å². The van der Waals surface area contributed by atoms with E-state index in [1.165, 1.54) is 18.2 Å². The topological polar surface area (TPSA) is 113 Å². The zero-order chi connectivity index (χ0) is 13.1. The quantitative estimate of drug-likeness (QED) is 0.513. The van der Waals surface area contributed by atoms with E-state index in [9.17, 15) is 19.7 Å². The van der Waals surface area contributed by atoms with E-state index in [0.29, 0.717) is 0 Å². The summed E-state index contributed by atoms with van der Waals surface area (Å²) < 4.78 is 0. The fraction of sp³-hybridized carbons (Fsp3) is 0.200. The van der Waals surface area contributed by atoms with E-state index >= 15 is 0 Å². The van der Waals surface area contributed by atoms with Crippen LogP contribution in [-0.4, -0.2) is 22.8 Å². The van der Waals surface area contributed by atoms with Crippen LogP contribution in [0.3, 0.4) is 0 Å². The maximum absolute atomic E-state index is 11.7. The molecule has 1 aliphatic heterocycles. The van der Waals surface area contributed by atoms with E-state index in [1.807, 2.05) is 0 Å². The second-order valence-electron chi connectivity index (χ2n) is 3.71. The first-order chi connectivity index (χ1) is 8.58. The number of nitrogens with zero attached hydrogens (tertiary/aromatic N) is 1. The molecule has 1 fully saturated rings. The molecule has 94 valence electrons. The van der Waals surface area contributed by atoms with Crippen molar-refractivity contribution in [2.45, 2.75) is 12.5 Å². The minimum absolute atomic E-state index is 0.00641. The molecule has 0 aliphatic carbocycles. The average molecular weight is 250 g/mol. The Labute approximate surface area is 101 Å². The Morgan fingerprint density at radius 1 is 1.44 bits per heavy atom. The van der Waals surface area contributed by atoms with Gasteiger partial charge in [0, 0.05) is 6.07 Å². The Morgan fingerprint density at radius 3 is 2.78 bits per heavy atom. The van der Waals surface area contributed by atoms with Gasteiger partial charge in [-0.3, -0.25) is 25.1 Å². The minimum atomic E-state index is -0.725. The SMILES string of the molecule is O=C1C[C@@H](C(=O)Nc2ccccc2[N+](=O)[O-])NN1. The van der Waals surface area contributed by atoms with Crippen molar-refractivity contribution in [1.82, 2.24) is 10.9 Å². The number of nitro benzene ring substituents is 1. The van der Waals surface area contributed by atoms with Crippen molar-refractivity contribution in [2.24, 2.45) is 0 Å². The molecular weight excluding hydrogens is 240 g/mol. The molecule has 0 spiro atoms. The van der Waals surface area contributed by atoms with Gasteiger partial charge in [0.15, 0.2) is 0 Å². The zero-order valence-corrected chi connectivity index (χ0v) is 9.17. The third-order valence-electron chi connectivity index (χ3n) is 2.45. The first-order valence-electron chi connectivity index (χ1n) is 5.16. The van der Waals surface area contributed by atoms with Crippen LogP contribution in [0.15, 0.2) is 24.3 Å². The Balaban J connectivity index is 2.12. The van der Waals surface area contributed by atoms with Gasteiger partial charge in [0.05, 0.1) is 11.3 Å². The molecule has 1 aromatic carbocycles. The van der Waals surface area contributed by atoms with Crippen LogP contribution in [0.1, 0.15) is 6.42 Å². The van der Waals surface area contributed by atoms with Gasteiger partial charge in [-0.05, 0) is 6.07 Å². The van der Waals surface area contributed by atoms with Crippen LogP contribution in [0.2, 0.25) is 0 Å². The monoisotopic (exact) mass is 250 g/mol. The van der Waals surface area contributed by atoms with Crippen molar-refractivity contribution in [2.75, 3.05) is 5.32 Å². The Bertz CT molecular complexity index is 516. The fourth-order valence-corrected chi connectivity index (χ4v) is 1.57. The highest BCUT2D eigenvalue weighted by Gasteiger charge is 2.28. The van der Waals surface area contributed by atoms with Gasteiger partial charge in [0.2, 0.25) is 11.8 Å². The summed E-state index contributed by atoms with van der Waals surface area (Å²) >= 11 is 0. The number of nitro groups is 1. The van der Waals surface area contributed by atoms with Crippen LogP contribution in [0, 0.1) is 10.1 Å². The van der Waals surface area contributed by atoms with Crippen LogP contribution >= 0.6 is 0 Å². The van der Waals surface area contributed by atoms with Gasteiger partial charge in [0.25, 0.3) is 5.69 Å². The number of carbonyl (C=O) groups is 2. The Morgan fingerprint density at radius 2 is 2.17 bits per heavy atom. The van der Waals surface area contributed by atoms with E-state index in [2.05, 4.69) is 16.2 Å². The van der Waals surface area contributed by atoms with Crippen molar-refractivity contribution in [1.29, 1.82) is 0 Å². The van der Waals surface area contributed by atoms with Crippen molar-refractivity contribution in [3.63, 3.8) is 0 Å². The molecule has 0 saturated carbocycles. The van der Waals surface area contributed by atoms with Gasteiger partial charge >= 0.3 is 0 Å². The van der Waals surface area contributed by atoms with Gasteiger partial charge in [-0.1, -0.05) is 12.1 Å². The minimum Gasteiger partial charge on any atom is -0.319 e. The third-order valence-corrected chi connectivity index (χ3v) is 2.45. The number of anilines is 1. The third kappa shape index (κ3) is 2.43. The Kier molecular flexibility index (Phi) is 3.20. The number of nitrogens with one attached hydrogen (secondary N) is 3. The lowest BCUT2D eigenvalue weighted by molar-refractivity contribution is -0.383. The predicted octanol–water partition coefficient (Wildman–Crippen LogP) is -0.0736. The fourth-order valence-electron chi connectivity index (χ4n) is 1.57. The number of rotatable bonds is 3. The highest BCUT2D eigenvalue weighted by Crippen LogP contribution is 2.23. The molecular formula is C10H10N4O4. The first-order valence-corrected chi connectivity index (χ1v) is 5.16. The number of hydrogen-bond donors (Lipinski definition) is 3. The molecule has 0 aromatic heterocycles. The van der Waals surface area contributed by atoms with Crippen LogP contribution in [-0.2, 0) is 9.59 Å². The highest BCUT2D eigenvalue weighted by molar-refractivity contribution is 6.00. The molecule has 8 heteroatoms. The summed E-state index contributed by atoms with van der Waals surface area (Å²) in [7, 11) is 0. The molecule has 8 nitrogen and oxygen atoms in total. The van der Waals surface area contributed by atoms with E-state index in [0.717, 1.165) is 0 Å².